The Morgan fingerprint density at radius 1 is 1.14 bits per heavy atom. The van der Waals surface area contributed by atoms with Gasteiger partial charge in [0.2, 0.25) is 0 Å². The Hall–Kier alpha value is -0.0800. The monoisotopic (exact) mass is 198 g/mol. The van der Waals surface area contributed by atoms with Gasteiger partial charge >= 0.3 is 0 Å². The molecule has 1 rings (SSSR count). The van der Waals surface area contributed by atoms with Crippen LogP contribution >= 0.6 is 0 Å². The Morgan fingerprint density at radius 3 is 2.36 bits per heavy atom. The van der Waals surface area contributed by atoms with E-state index >= 15 is 0 Å². The summed E-state index contributed by atoms with van der Waals surface area (Å²) in [7, 11) is 0. The van der Waals surface area contributed by atoms with Crippen LogP contribution in [0.15, 0.2) is 0 Å². The Bertz CT molecular complexity index is 124. The second-order valence-corrected chi connectivity index (χ2v) is 4.45. The van der Waals surface area contributed by atoms with Crippen molar-refractivity contribution >= 4 is 0 Å². The number of hydrogen-bond acceptors (Lipinski definition) is 2. The Labute approximate surface area is 89.1 Å². The van der Waals surface area contributed by atoms with Crippen molar-refractivity contribution in [3.05, 3.63) is 0 Å². The van der Waals surface area contributed by atoms with Crippen LogP contribution in [0.5, 0.6) is 0 Å². The fourth-order valence-electron chi connectivity index (χ4n) is 2.32. The third-order valence-electron chi connectivity index (χ3n) is 2.97. The molecular weight excluding hydrogens is 172 g/mol. The Morgan fingerprint density at radius 2 is 1.86 bits per heavy atom. The SMILES string of the molecule is CCCN(CCC)CC1CCCCN1. The quantitative estimate of drug-likeness (QED) is 0.704. The topological polar surface area (TPSA) is 15.3 Å². The molecule has 84 valence electrons. The van der Waals surface area contributed by atoms with Crippen molar-refractivity contribution in [2.24, 2.45) is 0 Å². The molecule has 1 N–H and O–H groups in total. The lowest BCUT2D eigenvalue weighted by Crippen LogP contribution is -2.44. The summed E-state index contributed by atoms with van der Waals surface area (Å²) in [4.78, 5) is 2.61. The number of hydrogen-bond donors (Lipinski definition) is 1. The van der Waals surface area contributed by atoms with E-state index in [1.165, 1.54) is 58.3 Å². The maximum Gasteiger partial charge on any atom is 0.0195 e. The van der Waals surface area contributed by atoms with Crippen LogP contribution in [-0.4, -0.2) is 37.1 Å². The van der Waals surface area contributed by atoms with E-state index in [0.29, 0.717) is 0 Å². The molecule has 14 heavy (non-hydrogen) atoms. The molecule has 0 spiro atoms. The minimum Gasteiger partial charge on any atom is -0.313 e. The molecule has 1 fully saturated rings. The number of piperidine rings is 1. The number of nitrogens with zero attached hydrogens (tertiary/aromatic N) is 1. The first kappa shape index (κ1) is 12.0. The van der Waals surface area contributed by atoms with Crippen LogP contribution in [-0.2, 0) is 0 Å². The molecule has 0 amide bonds. The molecule has 0 saturated carbocycles. The number of rotatable bonds is 6. The summed E-state index contributed by atoms with van der Waals surface area (Å²) >= 11 is 0. The van der Waals surface area contributed by atoms with E-state index < -0.39 is 0 Å². The number of nitrogens with one attached hydrogen (secondary N) is 1. The van der Waals surface area contributed by atoms with Gasteiger partial charge in [0, 0.05) is 12.6 Å². The molecule has 1 aliphatic heterocycles. The van der Waals surface area contributed by atoms with Crippen LogP contribution in [0, 0.1) is 0 Å². The highest BCUT2D eigenvalue weighted by Gasteiger charge is 2.15. The van der Waals surface area contributed by atoms with Gasteiger partial charge in [-0.15, -0.1) is 0 Å². The van der Waals surface area contributed by atoms with Crippen molar-refractivity contribution in [1.29, 1.82) is 0 Å². The van der Waals surface area contributed by atoms with E-state index in [9.17, 15) is 0 Å². The normalized spacial score (nSPS) is 22.9. The van der Waals surface area contributed by atoms with Gasteiger partial charge in [-0.3, -0.25) is 0 Å². The van der Waals surface area contributed by atoms with Gasteiger partial charge in [0.1, 0.15) is 0 Å². The third kappa shape index (κ3) is 4.43. The van der Waals surface area contributed by atoms with E-state index in [1.807, 2.05) is 0 Å². The summed E-state index contributed by atoms with van der Waals surface area (Å²) < 4.78 is 0. The summed E-state index contributed by atoms with van der Waals surface area (Å²) in [5.74, 6) is 0. The molecule has 1 atom stereocenters. The molecule has 1 aliphatic rings. The van der Waals surface area contributed by atoms with Gasteiger partial charge in [-0.05, 0) is 45.3 Å². The Balaban J connectivity index is 2.21. The third-order valence-corrected chi connectivity index (χ3v) is 2.97. The molecule has 0 aromatic rings. The van der Waals surface area contributed by atoms with Gasteiger partial charge in [-0.2, -0.15) is 0 Å². The summed E-state index contributed by atoms with van der Waals surface area (Å²) in [5, 5.41) is 3.62. The van der Waals surface area contributed by atoms with Crippen LogP contribution in [0.25, 0.3) is 0 Å². The van der Waals surface area contributed by atoms with Crippen LogP contribution < -0.4 is 5.32 Å². The first-order valence-corrected chi connectivity index (χ1v) is 6.32. The van der Waals surface area contributed by atoms with E-state index in [0.717, 1.165) is 6.04 Å². The molecule has 2 heteroatoms. The lowest BCUT2D eigenvalue weighted by atomic mass is 10.0. The average molecular weight is 198 g/mol. The zero-order valence-electron chi connectivity index (χ0n) is 9.89. The minimum absolute atomic E-state index is 0.766. The highest BCUT2D eigenvalue weighted by atomic mass is 15.1. The Kier molecular flexibility index (Phi) is 6.20. The molecule has 1 unspecified atom stereocenters. The lowest BCUT2D eigenvalue weighted by Gasteiger charge is -2.30. The zero-order valence-corrected chi connectivity index (χ0v) is 9.89. The maximum absolute atomic E-state index is 3.62. The molecule has 1 saturated heterocycles. The van der Waals surface area contributed by atoms with Gasteiger partial charge in [0.05, 0.1) is 0 Å². The van der Waals surface area contributed by atoms with Gasteiger partial charge in [0.15, 0.2) is 0 Å². The van der Waals surface area contributed by atoms with Gasteiger partial charge in [0.25, 0.3) is 0 Å². The lowest BCUT2D eigenvalue weighted by molar-refractivity contribution is 0.224. The predicted molar refractivity (Wildman–Crippen MR) is 62.7 cm³/mol. The van der Waals surface area contributed by atoms with Crippen molar-refractivity contribution in [2.45, 2.75) is 52.0 Å². The largest absolute Gasteiger partial charge is 0.313 e. The highest BCUT2D eigenvalue weighted by molar-refractivity contribution is 4.75. The molecular formula is C12H26N2. The van der Waals surface area contributed by atoms with Crippen molar-refractivity contribution in [1.82, 2.24) is 10.2 Å². The summed E-state index contributed by atoms with van der Waals surface area (Å²) in [6.45, 7) is 9.59. The summed E-state index contributed by atoms with van der Waals surface area (Å²) in [5.41, 5.74) is 0. The van der Waals surface area contributed by atoms with Crippen molar-refractivity contribution in [2.75, 3.05) is 26.2 Å². The molecule has 2 nitrogen and oxygen atoms in total. The van der Waals surface area contributed by atoms with Crippen LogP contribution in [0.4, 0.5) is 0 Å². The van der Waals surface area contributed by atoms with E-state index in [1.54, 1.807) is 0 Å². The molecule has 0 radical (unpaired) electrons. The van der Waals surface area contributed by atoms with Gasteiger partial charge in [-0.25, -0.2) is 0 Å². The van der Waals surface area contributed by atoms with E-state index in [-0.39, 0.29) is 0 Å². The molecule has 0 bridgehead atoms. The van der Waals surface area contributed by atoms with Crippen molar-refractivity contribution in [3.63, 3.8) is 0 Å². The van der Waals surface area contributed by atoms with Gasteiger partial charge < -0.3 is 10.2 Å². The fourth-order valence-corrected chi connectivity index (χ4v) is 2.32. The second kappa shape index (κ2) is 7.24. The van der Waals surface area contributed by atoms with E-state index in [4.69, 9.17) is 0 Å². The van der Waals surface area contributed by atoms with Crippen LogP contribution in [0.2, 0.25) is 0 Å². The standard InChI is InChI=1S/C12H26N2/c1-3-9-14(10-4-2)11-12-7-5-6-8-13-12/h12-13H,3-11H2,1-2H3. The van der Waals surface area contributed by atoms with Crippen LogP contribution in [0.3, 0.4) is 0 Å². The minimum atomic E-state index is 0.766. The smallest absolute Gasteiger partial charge is 0.0195 e. The fraction of sp³-hybridized carbons (Fsp3) is 1.00. The molecule has 0 aliphatic carbocycles. The molecule has 0 aromatic heterocycles. The zero-order chi connectivity index (χ0) is 10.2. The second-order valence-electron chi connectivity index (χ2n) is 4.45. The van der Waals surface area contributed by atoms with E-state index in [2.05, 4.69) is 24.1 Å². The average Bonchev–Trinajstić information content (AvgIpc) is 2.20. The summed E-state index contributed by atoms with van der Waals surface area (Å²) in [6, 6.07) is 0.766. The van der Waals surface area contributed by atoms with Crippen molar-refractivity contribution in [3.8, 4) is 0 Å². The van der Waals surface area contributed by atoms with Gasteiger partial charge in [-0.1, -0.05) is 20.3 Å². The first-order valence-electron chi connectivity index (χ1n) is 6.32. The summed E-state index contributed by atoms with van der Waals surface area (Å²) in [6.07, 6.45) is 6.74. The van der Waals surface area contributed by atoms with Crippen LogP contribution in [0.1, 0.15) is 46.0 Å². The maximum atomic E-state index is 3.62. The molecule has 1 heterocycles. The van der Waals surface area contributed by atoms with Crippen molar-refractivity contribution < 1.29 is 0 Å². The predicted octanol–water partition coefficient (Wildman–Crippen LogP) is 2.25. The molecule has 0 aromatic carbocycles. The highest BCUT2D eigenvalue weighted by Crippen LogP contribution is 2.09. The first-order chi connectivity index (χ1) is 6.86.